The van der Waals surface area contributed by atoms with Crippen molar-refractivity contribution in [2.24, 2.45) is 7.05 Å². The second-order valence-corrected chi connectivity index (χ2v) is 5.29. The highest BCUT2D eigenvalue weighted by Crippen LogP contribution is 2.19. The Bertz CT molecular complexity index is 542. The van der Waals surface area contributed by atoms with Crippen LogP contribution < -0.4 is 5.32 Å². The van der Waals surface area contributed by atoms with E-state index < -0.39 is 0 Å². The van der Waals surface area contributed by atoms with Gasteiger partial charge in [0.25, 0.3) is 0 Å². The summed E-state index contributed by atoms with van der Waals surface area (Å²) in [5.74, 6) is 0.836. The average Bonchev–Trinajstić information content (AvgIpc) is 2.69. The molecule has 2 aromatic heterocycles. The lowest BCUT2D eigenvalue weighted by atomic mass is 10.0. The Balaban J connectivity index is 2.23. The number of fused-ring (bicyclic) bond motifs is 1. The summed E-state index contributed by atoms with van der Waals surface area (Å²) in [5, 5.41) is 8.53. The number of anilines is 1. The van der Waals surface area contributed by atoms with Gasteiger partial charge in [-0.05, 0) is 27.9 Å². The minimum atomic E-state index is 0.0550. The molecule has 2 aromatic rings. The summed E-state index contributed by atoms with van der Waals surface area (Å²) in [6.45, 7) is 5.17. The summed E-state index contributed by atoms with van der Waals surface area (Å²) in [6, 6.07) is 0. The van der Waals surface area contributed by atoms with Gasteiger partial charge in [-0.25, -0.2) is 9.97 Å². The van der Waals surface area contributed by atoms with Crippen LogP contribution in [0.1, 0.15) is 13.8 Å². The topological polar surface area (TPSA) is 58.9 Å². The second-order valence-electron chi connectivity index (χ2n) is 5.29. The van der Waals surface area contributed by atoms with Gasteiger partial charge in [0.2, 0.25) is 0 Å². The Hall–Kier alpha value is -1.69. The molecule has 0 fully saturated rings. The molecule has 0 aliphatic heterocycles. The average molecular weight is 248 g/mol. The van der Waals surface area contributed by atoms with Gasteiger partial charge >= 0.3 is 0 Å². The maximum Gasteiger partial charge on any atom is 0.163 e. The van der Waals surface area contributed by atoms with Gasteiger partial charge in [0.05, 0.1) is 11.6 Å². The molecule has 0 bridgehead atoms. The minimum Gasteiger partial charge on any atom is -0.368 e. The lowest BCUT2D eigenvalue weighted by Gasteiger charge is -2.32. The molecule has 0 amide bonds. The van der Waals surface area contributed by atoms with E-state index in [0.717, 1.165) is 23.4 Å². The van der Waals surface area contributed by atoms with E-state index in [4.69, 9.17) is 0 Å². The van der Waals surface area contributed by atoms with Crippen molar-refractivity contribution in [2.45, 2.75) is 19.4 Å². The van der Waals surface area contributed by atoms with Crippen LogP contribution in [0.2, 0.25) is 0 Å². The van der Waals surface area contributed by atoms with Crippen LogP contribution in [0, 0.1) is 0 Å². The van der Waals surface area contributed by atoms with Gasteiger partial charge in [-0.3, -0.25) is 4.68 Å². The van der Waals surface area contributed by atoms with Crippen LogP contribution in [0.3, 0.4) is 0 Å². The van der Waals surface area contributed by atoms with E-state index in [2.05, 4.69) is 53.2 Å². The Morgan fingerprint density at radius 2 is 2.06 bits per heavy atom. The van der Waals surface area contributed by atoms with E-state index >= 15 is 0 Å². The predicted octanol–water partition coefficient (Wildman–Crippen LogP) is 1.12. The van der Waals surface area contributed by atoms with Gasteiger partial charge in [0, 0.05) is 19.1 Å². The van der Waals surface area contributed by atoms with Crippen molar-refractivity contribution in [3.8, 4) is 0 Å². The van der Waals surface area contributed by atoms with Crippen molar-refractivity contribution in [1.82, 2.24) is 24.6 Å². The van der Waals surface area contributed by atoms with Gasteiger partial charge < -0.3 is 10.2 Å². The second kappa shape index (κ2) is 4.53. The van der Waals surface area contributed by atoms with Gasteiger partial charge in [-0.2, -0.15) is 5.10 Å². The maximum atomic E-state index is 4.29. The molecular weight excluding hydrogens is 228 g/mol. The zero-order valence-electron chi connectivity index (χ0n) is 11.6. The van der Waals surface area contributed by atoms with E-state index in [1.165, 1.54) is 0 Å². The molecule has 1 N–H and O–H groups in total. The molecule has 0 spiro atoms. The molecule has 2 heterocycles. The van der Waals surface area contributed by atoms with Crippen LogP contribution in [0.15, 0.2) is 12.5 Å². The Kier molecular flexibility index (Phi) is 3.21. The highest BCUT2D eigenvalue weighted by Gasteiger charge is 2.20. The summed E-state index contributed by atoms with van der Waals surface area (Å²) in [7, 11) is 6.02. The number of hydrogen-bond donors (Lipinski definition) is 1. The number of aromatic nitrogens is 4. The fourth-order valence-corrected chi connectivity index (χ4v) is 1.56. The monoisotopic (exact) mass is 248 g/mol. The zero-order valence-corrected chi connectivity index (χ0v) is 11.6. The first-order chi connectivity index (χ1) is 8.42. The lowest BCUT2D eigenvalue weighted by Crippen LogP contribution is -2.44. The third kappa shape index (κ3) is 2.28. The van der Waals surface area contributed by atoms with E-state index in [1.807, 2.05) is 7.05 Å². The number of nitrogens with zero attached hydrogens (tertiary/aromatic N) is 5. The molecule has 0 radical (unpaired) electrons. The van der Waals surface area contributed by atoms with Crippen molar-refractivity contribution in [2.75, 3.05) is 26.0 Å². The van der Waals surface area contributed by atoms with Crippen molar-refractivity contribution in [3.05, 3.63) is 12.5 Å². The van der Waals surface area contributed by atoms with Gasteiger partial charge in [-0.15, -0.1) is 0 Å². The van der Waals surface area contributed by atoms with Crippen LogP contribution in [0.4, 0.5) is 5.82 Å². The van der Waals surface area contributed by atoms with Gasteiger partial charge in [0.1, 0.15) is 12.1 Å². The summed E-state index contributed by atoms with van der Waals surface area (Å²) < 4.78 is 1.75. The molecule has 6 nitrogen and oxygen atoms in total. The maximum absolute atomic E-state index is 4.29. The molecule has 98 valence electrons. The third-order valence-electron chi connectivity index (χ3n) is 3.43. The molecule has 0 unspecified atom stereocenters. The Morgan fingerprint density at radius 1 is 1.33 bits per heavy atom. The van der Waals surface area contributed by atoms with Gasteiger partial charge in [-0.1, -0.05) is 0 Å². The van der Waals surface area contributed by atoms with Crippen molar-refractivity contribution < 1.29 is 0 Å². The minimum absolute atomic E-state index is 0.0550. The molecule has 0 aromatic carbocycles. The van der Waals surface area contributed by atoms with E-state index in [0.29, 0.717) is 0 Å². The summed E-state index contributed by atoms with van der Waals surface area (Å²) >= 11 is 0. The van der Waals surface area contributed by atoms with Crippen LogP contribution in [0.5, 0.6) is 0 Å². The van der Waals surface area contributed by atoms with Crippen LogP contribution in [-0.4, -0.2) is 50.8 Å². The van der Waals surface area contributed by atoms with Crippen molar-refractivity contribution in [3.63, 3.8) is 0 Å². The molecule has 18 heavy (non-hydrogen) atoms. The standard InChI is InChI=1S/C12H20N6/c1-12(2,17(3)4)7-13-10-9-6-16-18(5)11(9)15-8-14-10/h6,8H,7H2,1-5H3,(H,13,14,15). The molecule has 0 saturated heterocycles. The van der Waals surface area contributed by atoms with Crippen LogP contribution in [-0.2, 0) is 7.05 Å². The number of nitrogens with one attached hydrogen (secondary N) is 1. The summed E-state index contributed by atoms with van der Waals surface area (Å²) in [5.41, 5.74) is 0.898. The highest BCUT2D eigenvalue weighted by molar-refractivity contribution is 5.85. The largest absolute Gasteiger partial charge is 0.368 e. The molecule has 0 saturated carbocycles. The van der Waals surface area contributed by atoms with Gasteiger partial charge in [0.15, 0.2) is 5.65 Å². The van der Waals surface area contributed by atoms with E-state index in [-0.39, 0.29) is 5.54 Å². The Morgan fingerprint density at radius 3 is 2.72 bits per heavy atom. The summed E-state index contributed by atoms with van der Waals surface area (Å²) in [4.78, 5) is 10.7. The molecule has 0 atom stereocenters. The fourth-order valence-electron chi connectivity index (χ4n) is 1.56. The number of rotatable bonds is 4. The predicted molar refractivity (Wildman–Crippen MR) is 72.6 cm³/mol. The molecule has 6 heteroatoms. The smallest absolute Gasteiger partial charge is 0.163 e. The molecule has 0 aliphatic carbocycles. The lowest BCUT2D eigenvalue weighted by molar-refractivity contribution is 0.210. The first kappa shape index (κ1) is 12.8. The normalized spacial score (nSPS) is 12.3. The third-order valence-corrected chi connectivity index (χ3v) is 3.43. The van der Waals surface area contributed by atoms with Crippen molar-refractivity contribution >= 4 is 16.9 Å². The molecular formula is C12H20N6. The van der Waals surface area contributed by atoms with E-state index in [9.17, 15) is 0 Å². The molecule has 2 rings (SSSR count). The SMILES string of the molecule is CN(C)C(C)(C)CNc1ncnc2c1cnn2C. The quantitative estimate of drug-likeness (QED) is 0.878. The van der Waals surface area contributed by atoms with E-state index in [1.54, 1.807) is 17.2 Å². The molecule has 0 aliphatic rings. The Labute approximate surface area is 107 Å². The highest BCUT2D eigenvalue weighted by atomic mass is 15.3. The van der Waals surface area contributed by atoms with Crippen LogP contribution in [0.25, 0.3) is 11.0 Å². The number of likely N-dealkylation sites (N-methyl/N-ethyl adjacent to an activating group) is 1. The number of hydrogen-bond acceptors (Lipinski definition) is 5. The fraction of sp³-hybridized carbons (Fsp3) is 0.583. The van der Waals surface area contributed by atoms with Crippen molar-refractivity contribution in [1.29, 1.82) is 0 Å². The van der Waals surface area contributed by atoms with Crippen LogP contribution >= 0.6 is 0 Å². The first-order valence-electron chi connectivity index (χ1n) is 5.96. The number of aryl methyl sites for hydroxylation is 1. The zero-order chi connectivity index (χ0) is 13.3. The first-order valence-corrected chi connectivity index (χ1v) is 5.96. The summed E-state index contributed by atoms with van der Waals surface area (Å²) in [6.07, 6.45) is 3.36.